The summed E-state index contributed by atoms with van der Waals surface area (Å²) in [5.74, 6) is -0.537. The second-order valence-electron chi connectivity index (χ2n) is 3.39. The van der Waals surface area contributed by atoms with Crippen molar-refractivity contribution in [2.45, 2.75) is 34.6 Å². The van der Waals surface area contributed by atoms with Gasteiger partial charge in [0.05, 0.1) is 26.4 Å². The first kappa shape index (κ1) is 18.2. The molecule has 0 aliphatic heterocycles. The van der Waals surface area contributed by atoms with Crippen LogP contribution in [0.4, 0.5) is 0 Å². The Kier molecular flexibility index (Phi) is 8.72. The second-order valence-corrected chi connectivity index (χ2v) is 5.35. The van der Waals surface area contributed by atoms with E-state index in [0.29, 0.717) is 6.61 Å². The highest BCUT2D eigenvalue weighted by Gasteiger charge is 2.38. The van der Waals surface area contributed by atoms with Crippen molar-refractivity contribution in [2.75, 3.05) is 26.4 Å². The number of ether oxygens (including phenoxy) is 2. The zero-order valence-corrected chi connectivity index (χ0v) is 13.1. The molecule has 0 bridgehead atoms. The Bertz CT molecular complexity index is 353. The maximum atomic E-state index is 12.7. The van der Waals surface area contributed by atoms with Crippen molar-refractivity contribution in [2.24, 2.45) is 0 Å². The van der Waals surface area contributed by atoms with E-state index in [1.165, 1.54) is 0 Å². The smallest absolute Gasteiger partial charge is 0.372 e. The summed E-state index contributed by atoms with van der Waals surface area (Å²) in [5, 5.41) is -0.167. The number of hydrogen-bond donors (Lipinski definition) is 0. The Hall–Kier alpha value is -0.840. The van der Waals surface area contributed by atoms with Crippen molar-refractivity contribution in [1.29, 1.82) is 0 Å². The van der Waals surface area contributed by atoms with Crippen molar-refractivity contribution < 1.29 is 27.9 Å². The van der Waals surface area contributed by atoms with Gasteiger partial charge in [0, 0.05) is 0 Å². The second kappa shape index (κ2) is 9.13. The number of allylic oxidation sites excluding steroid dienone is 1. The van der Waals surface area contributed by atoms with Crippen LogP contribution in [0.1, 0.15) is 34.6 Å². The molecule has 0 spiro atoms. The van der Waals surface area contributed by atoms with Crippen molar-refractivity contribution in [3.8, 4) is 0 Å². The normalized spacial score (nSPS) is 12.9. The fraction of sp³-hybridized carbons (Fsp3) is 0.750. The third-order valence-corrected chi connectivity index (χ3v) is 4.28. The van der Waals surface area contributed by atoms with Crippen LogP contribution in [-0.4, -0.2) is 32.4 Å². The third kappa shape index (κ3) is 5.35. The van der Waals surface area contributed by atoms with Crippen LogP contribution in [0.5, 0.6) is 0 Å². The molecule has 0 aromatic rings. The first-order chi connectivity index (χ1) is 8.96. The highest BCUT2D eigenvalue weighted by molar-refractivity contribution is 7.60. The molecule has 0 N–H and O–H groups in total. The molecular formula is C12H23O6P. The molecule has 0 saturated carbocycles. The Labute approximate surface area is 114 Å². The summed E-state index contributed by atoms with van der Waals surface area (Å²) in [5.41, 5.74) is 0. The summed E-state index contributed by atoms with van der Waals surface area (Å²) in [7, 11) is -3.72. The van der Waals surface area contributed by atoms with Crippen LogP contribution in [0.25, 0.3) is 0 Å². The average Bonchev–Trinajstić information content (AvgIpc) is 2.30. The molecule has 0 amide bonds. The maximum absolute atomic E-state index is 12.7. The first-order valence-corrected chi connectivity index (χ1v) is 7.91. The molecule has 0 unspecified atom stereocenters. The van der Waals surface area contributed by atoms with E-state index in [2.05, 4.69) is 0 Å². The lowest BCUT2D eigenvalue weighted by Crippen LogP contribution is -2.14. The lowest BCUT2D eigenvalue weighted by atomic mass is 10.4. The molecule has 7 heteroatoms. The van der Waals surface area contributed by atoms with E-state index in [9.17, 15) is 9.36 Å². The minimum Gasteiger partial charge on any atom is -0.497 e. The van der Waals surface area contributed by atoms with Crippen LogP contribution in [0.2, 0.25) is 0 Å². The quantitative estimate of drug-likeness (QED) is 0.282. The monoisotopic (exact) mass is 294 g/mol. The largest absolute Gasteiger partial charge is 0.497 e. The molecule has 112 valence electrons. The van der Waals surface area contributed by atoms with Crippen LogP contribution in [-0.2, 0) is 27.9 Å². The van der Waals surface area contributed by atoms with E-state index in [4.69, 9.17) is 18.5 Å². The predicted octanol–water partition coefficient (Wildman–Crippen LogP) is 3.08. The van der Waals surface area contributed by atoms with Gasteiger partial charge < -0.3 is 18.5 Å². The first-order valence-electron chi connectivity index (χ1n) is 6.37. The van der Waals surface area contributed by atoms with Gasteiger partial charge in [-0.1, -0.05) is 0 Å². The minimum atomic E-state index is -3.72. The molecule has 0 aromatic heterocycles. The lowest BCUT2D eigenvalue weighted by molar-refractivity contribution is -0.138. The Morgan fingerprint density at radius 3 is 1.74 bits per heavy atom. The number of carbonyl (C=O) groups excluding carboxylic acids is 1. The van der Waals surface area contributed by atoms with Crippen LogP contribution in [0.3, 0.4) is 0 Å². The molecule has 0 radical (unpaired) electrons. The van der Waals surface area contributed by atoms with Crippen molar-refractivity contribution >= 4 is 13.6 Å². The summed E-state index contributed by atoms with van der Waals surface area (Å²) in [4.78, 5) is 12.0. The van der Waals surface area contributed by atoms with E-state index < -0.39 is 13.6 Å². The maximum Gasteiger partial charge on any atom is 0.372 e. The molecule has 0 atom stereocenters. The van der Waals surface area contributed by atoms with Crippen LogP contribution >= 0.6 is 7.60 Å². The standard InChI is InChI=1S/C12H23O6P/c1-6-15-10(5)11(12(13)16-7-2)19(14,17-8-3)18-9-4/h6-9H2,1-5H3/b11-10-. The van der Waals surface area contributed by atoms with Gasteiger partial charge in [0.15, 0.2) is 5.31 Å². The molecule has 19 heavy (non-hydrogen) atoms. The molecule has 0 rings (SSSR count). The molecule has 0 heterocycles. The summed E-state index contributed by atoms with van der Waals surface area (Å²) >= 11 is 0. The minimum absolute atomic E-state index is 0.152. The van der Waals surface area contributed by atoms with Gasteiger partial charge in [-0.2, -0.15) is 0 Å². The number of esters is 1. The molecule has 0 saturated heterocycles. The Balaban J connectivity index is 5.59. The highest BCUT2D eigenvalue weighted by atomic mass is 31.2. The summed E-state index contributed by atoms with van der Waals surface area (Å²) in [6.45, 7) is 9.12. The number of rotatable bonds is 9. The summed E-state index contributed by atoms with van der Waals surface area (Å²) in [6.07, 6.45) is 0. The lowest BCUT2D eigenvalue weighted by Gasteiger charge is -2.20. The van der Waals surface area contributed by atoms with Gasteiger partial charge in [-0.05, 0) is 34.6 Å². The fourth-order valence-electron chi connectivity index (χ4n) is 1.44. The number of hydrogen-bond acceptors (Lipinski definition) is 6. The molecular weight excluding hydrogens is 271 g/mol. The van der Waals surface area contributed by atoms with E-state index in [-0.39, 0.29) is 30.9 Å². The summed E-state index contributed by atoms with van der Waals surface area (Å²) in [6, 6.07) is 0. The van der Waals surface area contributed by atoms with Crippen LogP contribution in [0, 0.1) is 0 Å². The predicted molar refractivity (Wildman–Crippen MR) is 71.8 cm³/mol. The molecule has 6 nitrogen and oxygen atoms in total. The zero-order chi connectivity index (χ0) is 14.9. The SMILES string of the molecule is CCOC(=O)/C(=C(\C)OCC)P(=O)(OCC)OCC. The van der Waals surface area contributed by atoms with Crippen molar-refractivity contribution in [1.82, 2.24) is 0 Å². The fourth-order valence-corrected chi connectivity index (χ4v) is 3.19. The van der Waals surface area contributed by atoms with Crippen molar-refractivity contribution in [3.05, 3.63) is 11.1 Å². The van der Waals surface area contributed by atoms with Gasteiger partial charge >= 0.3 is 13.6 Å². The van der Waals surface area contributed by atoms with Gasteiger partial charge in [-0.25, -0.2) is 4.79 Å². The molecule has 0 fully saturated rings. The molecule has 0 aromatic carbocycles. The van der Waals surface area contributed by atoms with E-state index in [1.54, 1.807) is 34.6 Å². The third-order valence-electron chi connectivity index (χ3n) is 2.04. The van der Waals surface area contributed by atoms with Gasteiger partial charge in [0.1, 0.15) is 5.76 Å². The van der Waals surface area contributed by atoms with Crippen LogP contribution in [0.15, 0.2) is 11.1 Å². The van der Waals surface area contributed by atoms with Gasteiger partial charge in [0.25, 0.3) is 0 Å². The Morgan fingerprint density at radius 1 is 0.895 bits per heavy atom. The molecule has 0 aliphatic rings. The van der Waals surface area contributed by atoms with E-state index >= 15 is 0 Å². The zero-order valence-electron chi connectivity index (χ0n) is 12.2. The van der Waals surface area contributed by atoms with E-state index in [1.807, 2.05) is 0 Å². The van der Waals surface area contributed by atoms with Crippen LogP contribution < -0.4 is 0 Å². The van der Waals surface area contributed by atoms with Crippen molar-refractivity contribution in [3.63, 3.8) is 0 Å². The Morgan fingerprint density at radius 2 is 1.37 bits per heavy atom. The van der Waals surface area contributed by atoms with Gasteiger partial charge in [-0.3, -0.25) is 4.57 Å². The average molecular weight is 294 g/mol. The van der Waals surface area contributed by atoms with E-state index in [0.717, 1.165) is 0 Å². The van der Waals surface area contributed by atoms with Gasteiger partial charge in [-0.15, -0.1) is 0 Å². The topological polar surface area (TPSA) is 71.1 Å². The van der Waals surface area contributed by atoms with Gasteiger partial charge in [0.2, 0.25) is 0 Å². The molecule has 0 aliphatic carbocycles. The number of carbonyl (C=O) groups is 1. The summed E-state index contributed by atoms with van der Waals surface area (Å²) < 4.78 is 33.1. The highest BCUT2D eigenvalue weighted by Crippen LogP contribution is 2.57.